The van der Waals surface area contributed by atoms with Crippen molar-refractivity contribution in [2.24, 2.45) is 5.14 Å². The predicted octanol–water partition coefficient (Wildman–Crippen LogP) is 1.58. The quantitative estimate of drug-likeness (QED) is 0.504. The lowest BCUT2D eigenvalue weighted by atomic mass is 10.1. The number of primary sulfonamides is 1. The molecule has 12 heteroatoms. The molecule has 0 spiro atoms. The first-order valence-corrected chi connectivity index (χ1v) is 10.1. The van der Waals surface area contributed by atoms with Crippen LogP contribution in [0.25, 0.3) is 21.9 Å². The summed E-state index contributed by atoms with van der Waals surface area (Å²) < 4.78 is 63.7. The monoisotopic (exact) mass is 434 g/mol. The van der Waals surface area contributed by atoms with Crippen LogP contribution in [0.1, 0.15) is 5.56 Å². The molecule has 0 radical (unpaired) electrons. The van der Waals surface area contributed by atoms with E-state index < -0.39 is 44.4 Å². The summed E-state index contributed by atoms with van der Waals surface area (Å²) >= 11 is 0. The SMILES string of the molecule is NS(=O)(=O)c1cc(F)c(Cn2c(=O)[nH]c3cnc4c5c(ccc4c32)OCO5)c(F)c1. The lowest BCUT2D eigenvalue weighted by molar-refractivity contribution is 0.174. The Kier molecular flexibility index (Phi) is 3.85. The molecular formula is C18H12F2N4O5S. The summed E-state index contributed by atoms with van der Waals surface area (Å²) in [6, 6.07) is 4.55. The van der Waals surface area contributed by atoms with Crippen molar-refractivity contribution in [3.05, 3.63) is 58.1 Å². The van der Waals surface area contributed by atoms with E-state index in [0.717, 1.165) is 4.57 Å². The number of aromatic amines is 1. The number of halogens is 2. The summed E-state index contributed by atoms with van der Waals surface area (Å²) in [6.45, 7) is -0.462. The normalized spacial score (nSPS) is 13.4. The molecule has 0 bridgehead atoms. The Morgan fingerprint density at radius 3 is 2.63 bits per heavy atom. The van der Waals surface area contributed by atoms with E-state index in [1.54, 1.807) is 12.1 Å². The van der Waals surface area contributed by atoms with E-state index in [-0.39, 0.29) is 6.79 Å². The lowest BCUT2D eigenvalue weighted by Gasteiger charge is -2.10. The predicted molar refractivity (Wildman–Crippen MR) is 101 cm³/mol. The van der Waals surface area contributed by atoms with Crippen LogP contribution in [0.3, 0.4) is 0 Å². The van der Waals surface area contributed by atoms with Crippen molar-refractivity contribution < 1.29 is 26.7 Å². The Hall–Kier alpha value is -3.51. The van der Waals surface area contributed by atoms with Crippen molar-refractivity contribution in [1.29, 1.82) is 0 Å². The van der Waals surface area contributed by atoms with Crippen LogP contribution in [-0.2, 0) is 16.6 Å². The van der Waals surface area contributed by atoms with Crippen LogP contribution in [0.15, 0.2) is 40.2 Å². The van der Waals surface area contributed by atoms with Gasteiger partial charge in [-0.25, -0.2) is 32.1 Å². The minimum Gasteiger partial charge on any atom is -0.454 e. The number of ether oxygens (including phenoxy) is 2. The first-order chi connectivity index (χ1) is 14.2. The van der Waals surface area contributed by atoms with Gasteiger partial charge in [-0.05, 0) is 24.3 Å². The third kappa shape index (κ3) is 2.72. The largest absolute Gasteiger partial charge is 0.454 e. The van der Waals surface area contributed by atoms with Gasteiger partial charge in [-0.2, -0.15) is 0 Å². The average Bonchev–Trinajstić information content (AvgIpc) is 3.27. The van der Waals surface area contributed by atoms with E-state index in [1.807, 2.05) is 0 Å². The first-order valence-electron chi connectivity index (χ1n) is 8.54. The number of hydrogen-bond acceptors (Lipinski definition) is 6. The summed E-state index contributed by atoms with van der Waals surface area (Å²) in [5.74, 6) is -1.38. The number of nitrogens with two attached hydrogens (primary N) is 1. The van der Waals surface area contributed by atoms with Gasteiger partial charge in [0.25, 0.3) is 0 Å². The summed E-state index contributed by atoms with van der Waals surface area (Å²) in [4.78, 5) is 18.7. The van der Waals surface area contributed by atoms with Crippen LogP contribution < -0.4 is 20.3 Å². The summed E-state index contributed by atoms with van der Waals surface area (Å²) in [5, 5.41) is 5.45. The second-order valence-electron chi connectivity index (χ2n) is 6.64. The highest BCUT2D eigenvalue weighted by molar-refractivity contribution is 7.89. The van der Waals surface area contributed by atoms with Crippen LogP contribution in [0.2, 0.25) is 0 Å². The minimum atomic E-state index is -4.29. The van der Waals surface area contributed by atoms with Crippen molar-refractivity contribution in [3.63, 3.8) is 0 Å². The molecule has 5 rings (SSSR count). The Morgan fingerprint density at radius 1 is 1.20 bits per heavy atom. The van der Waals surface area contributed by atoms with Gasteiger partial charge in [0.05, 0.1) is 28.7 Å². The fourth-order valence-corrected chi connectivity index (χ4v) is 4.02. The first kappa shape index (κ1) is 18.5. The molecule has 154 valence electrons. The third-order valence-corrected chi connectivity index (χ3v) is 5.75. The molecule has 1 aliphatic heterocycles. The van der Waals surface area contributed by atoms with Crippen molar-refractivity contribution in [1.82, 2.24) is 14.5 Å². The Bertz CT molecular complexity index is 1500. The number of aromatic nitrogens is 3. The van der Waals surface area contributed by atoms with Gasteiger partial charge < -0.3 is 14.5 Å². The average molecular weight is 434 g/mol. The maximum Gasteiger partial charge on any atom is 0.326 e. The van der Waals surface area contributed by atoms with Crippen LogP contribution >= 0.6 is 0 Å². The van der Waals surface area contributed by atoms with Gasteiger partial charge in [-0.1, -0.05) is 0 Å². The molecule has 2 aromatic carbocycles. The maximum atomic E-state index is 14.5. The molecule has 9 nitrogen and oxygen atoms in total. The highest BCUT2D eigenvalue weighted by atomic mass is 32.2. The molecule has 3 N–H and O–H groups in total. The zero-order valence-corrected chi connectivity index (χ0v) is 15.8. The molecule has 0 saturated heterocycles. The van der Waals surface area contributed by atoms with E-state index in [2.05, 4.69) is 9.97 Å². The molecule has 0 atom stereocenters. The van der Waals surface area contributed by atoms with Crippen molar-refractivity contribution in [3.8, 4) is 11.5 Å². The number of nitrogens with zero attached hydrogens (tertiary/aromatic N) is 2. The minimum absolute atomic E-state index is 0.0287. The number of pyridine rings is 1. The fourth-order valence-electron chi connectivity index (χ4n) is 3.48. The number of rotatable bonds is 3. The van der Waals surface area contributed by atoms with E-state index in [9.17, 15) is 22.0 Å². The van der Waals surface area contributed by atoms with Gasteiger partial charge in [0.1, 0.15) is 17.2 Å². The summed E-state index contributed by atoms with van der Waals surface area (Å²) in [6.07, 6.45) is 1.41. The lowest BCUT2D eigenvalue weighted by Crippen LogP contribution is -2.20. The summed E-state index contributed by atoms with van der Waals surface area (Å²) in [5.41, 5.74) is 0.0316. The smallest absolute Gasteiger partial charge is 0.326 e. The van der Waals surface area contributed by atoms with Crippen molar-refractivity contribution in [2.75, 3.05) is 6.79 Å². The van der Waals surface area contributed by atoms with Crippen LogP contribution in [0.4, 0.5) is 8.78 Å². The molecule has 2 aromatic heterocycles. The molecule has 0 aliphatic carbocycles. The fraction of sp³-hybridized carbons (Fsp3) is 0.111. The number of nitrogens with one attached hydrogen (secondary N) is 1. The molecule has 0 saturated carbocycles. The van der Waals surface area contributed by atoms with E-state index in [0.29, 0.717) is 45.6 Å². The molecule has 3 heterocycles. The molecular weight excluding hydrogens is 422 g/mol. The van der Waals surface area contributed by atoms with Gasteiger partial charge in [-0.3, -0.25) is 4.57 Å². The Morgan fingerprint density at radius 2 is 1.93 bits per heavy atom. The van der Waals surface area contributed by atoms with Gasteiger partial charge in [0, 0.05) is 10.9 Å². The standard InChI is InChI=1S/C18H12F2N4O5S/c19-11-3-8(30(21,26)27)4-12(20)10(11)6-24-16-9-1-2-14-17(29-7-28-14)15(9)22-5-13(16)23-18(24)25/h1-5H,6-7H2,(H,23,25)(H2,21,26,27). The van der Waals surface area contributed by atoms with Gasteiger partial charge in [-0.15, -0.1) is 0 Å². The second-order valence-corrected chi connectivity index (χ2v) is 8.20. The van der Waals surface area contributed by atoms with Crippen LogP contribution in [0, 0.1) is 11.6 Å². The van der Waals surface area contributed by atoms with E-state index in [4.69, 9.17) is 14.6 Å². The molecule has 0 amide bonds. The van der Waals surface area contributed by atoms with Crippen LogP contribution in [-0.4, -0.2) is 29.7 Å². The third-order valence-electron chi connectivity index (χ3n) is 4.86. The van der Waals surface area contributed by atoms with Crippen LogP contribution in [0.5, 0.6) is 11.5 Å². The van der Waals surface area contributed by atoms with Crippen molar-refractivity contribution in [2.45, 2.75) is 11.4 Å². The number of fused-ring (bicyclic) bond motifs is 5. The highest BCUT2D eigenvalue weighted by Crippen LogP contribution is 2.39. The van der Waals surface area contributed by atoms with Gasteiger partial charge in [0.2, 0.25) is 16.8 Å². The number of benzene rings is 2. The second kappa shape index (κ2) is 6.24. The highest BCUT2D eigenvalue weighted by Gasteiger charge is 2.23. The molecule has 0 unspecified atom stereocenters. The zero-order valence-electron chi connectivity index (χ0n) is 15.0. The Balaban J connectivity index is 1.73. The molecule has 1 aliphatic rings. The van der Waals surface area contributed by atoms with Gasteiger partial charge >= 0.3 is 5.69 Å². The Labute approximate surface area is 166 Å². The number of imidazole rings is 1. The number of hydrogen-bond donors (Lipinski definition) is 2. The topological polar surface area (TPSA) is 129 Å². The zero-order chi connectivity index (χ0) is 21.2. The number of H-pyrrole nitrogens is 1. The van der Waals surface area contributed by atoms with E-state index in [1.165, 1.54) is 6.20 Å². The van der Waals surface area contributed by atoms with Crippen molar-refractivity contribution >= 4 is 32.0 Å². The molecule has 0 fully saturated rings. The molecule has 4 aromatic rings. The van der Waals surface area contributed by atoms with E-state index >= 15 is 0 Å². The maximum absolute atomic E-state index is 14.5. The summed E-state index contributed by atoms with van der Waals surface area (Å²) in [7, 11) is -4.29. The number of sulfonamides is 1. The molecule has 30 heavy (non-hydrogen) atoms. The van der Waals surface area contributed by atoms with Gasteiger partial charge in [0.15, 0.2) is 11.5 Å².